The highest BCUT2D eigenvalue weighted by atomic mass is 19.4. The number of carbonyl (C=O) groups is 3. The van der Waals surface area contributed by atoms with E-state index in [4.69, 9.17) is 14.6 Å². The predicted octanol–water partition coefficient (Wildman–Crippen LogP) is 23.3. The number of aryl methyl sites for hydroxylation is 2. The van der Waals surface area contributed by atoms with Crippen molar-refractivity contribution in [2.24, 2.45) is 17.8 Å². The second kappa shape index (κ2) is 68.9. The number of hydrogen-bond acceptors (Lipinski definition) is 11. The van der Waals surface area contributed by atoms with Crippen LogP contribution in [0, 0.1) is 37.4 Å². The maximum absolute atomic E-state index is 12.7. The Morgan fingerprint density at radius 1 is 0.833 bits per heavy atom. The molecule has 0 radical (unpaired) electrons. The number of nitrogens with zero attached hydrogens (tertiary/aromatic N) is 2. The van der Waals surface area contributed by atoms with Crippen molar-refractivity contribution < 1.29 is 61.1 Å². The number of likely N-dealkylation sites (N-methyl/N-ethyl adjacent to an activating group) is 1. The Morgan fingerprint density at radius 3 is 1.75 bits per heavy atom. The van der Waals surface area contributed by atoms with E-state index >= 15 is 0 Å². The lowest BCUT2D eigenvalue weighted by molar-refractivity contribution is -0.303. The van der Waals surface area contributed by atoms with E-state index in [0.717, 1.165) is 85.8 Å². The number of halogens is 4. The van der Waals surface area contributed by atoms with Gasteiger partial charge in [0, 0.05) is 58.3 Å². The van der Waals surface area contributed by atoms with Gasteiger partial charge in [-0.25, -0.2) is 9.18 Å². The van der Waals surface area contributed by atoms with Crippen LogP contribution in [0.3, 0.4) is 0 Å². The predicted molar refractivity (Wildman–Crippen MR) is 408 cm³/mol. The van der Waals surface area contributed by atoms with Gasteiger partial charge in [0.1, 0.15) is 42.1 Å². The Labute approximate surface area is 585 Å². The molecule has 3 unspecified atom stereocenters. The number of hydrogen-bond donors (Lipinski definition) is 3. The number of nitrogens with one attached hydrogen (secondary N) is 1. The van der Waals surface area contributed by atoms with Crippen LogP contribution < -0.4 is 15.1 Å². The lowest BCUT2D eigenvalue weighted by Crippen LogP contribution is -2.46. The summed E-state index contributed by atoms with van der Waals surface area (Å²) in [6.07, 6.45) is 16.0. The Kier molecular flexibility index (Phi) is 76.0. The maximum atomic E-state index is 12.7. The van der Waals surface area contributed by atoms with Crippen molar-refractivity contribution in [1.29, 1.82) is 0 Å². The van der Waals surface area contributed by atoms with Crippen molar-refractivity contribution in [3.63, 3.8) is 0 Å². The average molecular weight is 1370 g/mol. The number of aldehydes is 2. The molecule has 1 fully saturated rings. The molecule has 12 nitrogen and oxygen atoms in total. The summed E-state index contributed by atoms with van der Waals surface area (Å²) in [5.74, 6) is 1.05. The van der Waals surface area contributed by atoms with Gasteiger partial charge in [0.15, 0.2) is 0 Å². The third-order valence-corrected chi connectivity index (χ3v) is 12.8. The summed E-state index contributed by atoms with van der Waals surface area (Å²) < 4.78 is 69.9. The summed E-state index contributed by atoms with van der Waals surface area (Å²) in [5.41, 5.74) is 6.32. The molecule has 3 atom stereocenters. The third-order valence-electron chi connectivity index (χ3n) is 12.8. The van der Waals surface area contributed by atoms with E-state index in [-0.39, 0.29) is 41.6 Å². The van der Waals surface area contributed by atoms with Crippen molar-refractivity contribution >= 4 is 41.4 Å². The second-order valence-corrected chi connectivity index (χ2v) is 21.4. The Bertz CT molecular complexity index is 2430. The van der Waals surface area contributed by atoms with Gasteiger partial charge in [0.25, 0.3) is 0 Å². The van der Waals surface area contributed by atoms with Crippen LogP contribution in [0.1, 0.15) is 250 Å². The zero-order valence-corrected chi connectivity index (χ0v) is 65.9. The second-order valence-electron chi connectivity index (χ2n) is 21.4. The molecular weight excluding hydrogens is 1220 g/mol. The Balaban J connectivity index is -0.000000182. The highest BCUT2D eigenvalue weighted by molar-refractivity contribution is 5.92. The van der Waals surface area contributed by atoms with Gasteiger partial charge >= 0.3 is 12.5 Å². The summed E-state index contributed by atoms with van der Waals surface area (Å²) >= 11 is 0. The minimum atomic E-state index is -4.72. The van der Waals surface area contributed by atoms with Crippen LogP contribution in [-0.4, -0.2) is 108 Å². The Hall–Kier alpha value is -6.07. The summed E-state index contributed by atoms with van der Waals surface area (Å²) in [6.45, 7) is 56.2. The van der Waals surface area contributed by atoms with E-state index in [1.807, 2.05) is 148 Å². The molecule has 96 heavy (non-hydrogen) atoms. The standard InChI is InChI=1S/C27H39F3N2O4.C17H23NO3.C14H15F.C4H10.C3H8.C2H6O.6C2H6.CH4O/c1-7-24(36-27(28,29)30)11-9-20(3)18-31-14-13-26(8-2,35-16-15-33)19-32(6)25-12-10-23(22(5)34)17-21(25)4;1-4-8-17(9-5-2)12-18(16(20)21-17)15-7-6-14(11-19)10-13(15)3;1-2-11-3-5-12(6-4-11)13-7-9-14(15)10-8-13;1-4(2)3;2*1-3-2;7*1-2/h7,9-12,15,17,20,31,34H,5,8,13-14,16,18-19H2,1-4,6H3;6-7,10-11H,4-5,8-9,12H2,1-3H3;3,5-11H,2,4H2,1H3;4H,1-3H3;3H2,1-2H3;1-2H3;6*1-2H3;2H,1H3/b11-9-,24-7+;;;;;;;;;;;;. The van der Waals surface area contributed by atoms with E-state index < -0.39 is 12.0 Å². The average Bonchev–Trinajstić information content (AvgIpc) is 1.66. The molecule has 3 aromatic carbocycles. The molecule has 0 bridgehead atoms. The lowest BCUT2D eigenvalue weighted by Gasteiger charge is -2.37. The molecule has 0 saturated carbocycles. The number of cyclic esters (lactones) is 1. The number of amides is 1. The van der Waals surface area contributed by atoms with Gasteiger partial charge in [0.2, 0.25) is 0 Å². The van der Waals surface area contributed by atoms with Crippen molar-refractivity contribution in [2.45, 2.75) is 248 Å². The van der Waals surface area contributed by atoms with Gasteiger partial charge in [-0.2, -0.15) is 0 Å². The molecule has 0 aromatic heterocycles. The number of anilines is 2. The van der Waals surface area contributed by atoms with Gasteiger partial charge < -0.3 is 44.2 Å². The fraction of sp³-hybridized carbons (Fsp3) is 0.613. The van der Waals surface area contributed by atoms with Crippen LogP contribution >= 0.6 is 0 Å². The zero-order chi connectivity index (χ0) is 76.5. The molecule has 0 spiro atoms. The first-order valence-corrected chi connectivity index (χ1v) is 35.4. The number of carbonyl (C=O) groups excluding carboxylic acids is 3. The lowest BCUT2D eigenvalue weighted by atomic mass is 9.92. The van der Waals surface area contributed by atoms with E-state index in [1.54, 1.807) is 43.4 Å². The normalized spacial score (nSPS) is 13.6. The quantitative estimate of drug-likeness (QED) is 0.0259. The molecule has 1 saturated heterocycles. The van der Waals surface area contributed by atoms with Crippen molar-refractivity contribution in [1.82, 2.24) is 5.32 Å². The molecule has 2 aliphatic rings. The summed E-state index contributed by atoms with van der Waals surface area (Å²) in [6, 6.07) is 17.6. The number of benzene rings is 3. The van der Waals surface area contributed by atoms with Crippen LogP contribution in [0.2, 0.25) is 0 Å². The fourth-order valence-electron chi connectivity index (χ4n) is 8.86. The van der Waals surface area contributed by atoms with Crippen LogP contribution in [0.15, 0.2) is 109 Å². The van der Waals surface area contributed by atoms with E-state index in [1.165, 1.54) is 49.6 Å². The Morgan fingerprint density at radius 2 is 1.35 bits per heavy atom. The van der Waals surface area contributed by atoms with Gasteiger partial charge in [0.05, 0.1) is 17.8 Å². The third kappa shape index (κ3) is 50.3. The summed E-state index contributed by atoms with van der Waals surface area (Å²) in [4.78, 5) is 37.9. The topological polar surface area (TPSA) is 147 Å². The fourth-order valence-corrected chi connectivity index (χ4v) is 8.86. The van der Waals surface area contributed by atoms with E-state index in [0.29, 0.717) is 56.1 Å². The molecule has 558 valence electrons. The smallest absolute Gasteiger partial charge is 0.508 e. The first-order valence-electron chi connectivity index (χ1n) is 35.4. The number of methoxy groups -OCH3 is 1. The van der Waals surface area contributed by atoms with Crippen molar-refractivity contribution in [2.75, 3.05) is 71.0 Å². The van der Waals surface area contributed by atoms with Gasteiger partial charge in [-0.1, -0.05) is 215 Å². The summed E-state index contributed by atoms with van der Waals surface area (Å²) in [7, 11) is 6.20. The number of allylic oxidation sites excluding steroid dienone is 6. The van der Waals surface area contributed by atoms with Crippen LogP contribution in [0.25, 0.3) is 11.3 Å². The molecule has 5 rings (SSSR count). The van der Waals surface area contributed by atoms with Crippen LogP contribution in [-0.2, 0) is 23.7 Å². The molecule has 3 aromatic rings. The molecule has 1 heterocycles. The first-order chi connectivity index (χ1) is 45.8. The number of aliphatic hydroxyl groups excluding tert-OH is 2. The highest BCUT2D eigenvalue weighted by Gasteiger charge is 2.44. The SMILES string of the molecule is C=C(O)c1ccc(N(C)CC(CC)(CCNCC(C)/C=C\C(=C/C)OC(F)(F)F)OCC=O)c(C)c1.CC.CC.CC.CC.CC.CC.CC(C)C.CCC.CCC1C=CC(c2ccc(F)cc2)=CC1.CCCC1(CCC)CN(c2ccc(C=O)cc2C)C(=O)O1.CO.COC. The van der Waals surface area contributed by atoms with Crippen molar-refractivity contribution in [3.05, 3.63) is 143 Å². The molecule has 1 aliphatic carbocycles. The van der Waals surface area contributed by atoms with Gasteiger partial charge in [-0.15, -0.1) is 13.2 Å². The molecule has 3 N–H and O–H groups in total. The monoisotopic (exact) mass is 1360 g/mol. The zero-order valence-electron chi connectivity index (χ0n) is 65.9. The highest BCUT2D eigenvalue weighted by Crippen LogP contribution is 2.36. The first kappa shape index (κ1) is 106. The minimum absolute atomic E-state index is 0.00879. The van der Waals surface area contributed by atoms with E-state index in [2.05, 4.69) is 99.9 Å². The van der Waals surface area contributed by atoms with Gasteiger partial charge in [-0.3, -0.25) is 9.69 Å². The van der Waals surface area contributed by atoms with Gasteiger partial charge in [-0.05, 0) is 167 Å². The minimum Gasteiger partial charge on any atom is -0.508 e. The van der Waals surface area contributed by atoms with Crippen LogP contribution in [0.4, 0.5) is 33.7 Å². The molecular formula is C80H141F4N3O9. The van der Waals surface area contributed by atoms with E-state index in [9.17, 15) is 37.1 Å². The maximum Gasteiger partial charge on any atom is 0.573 e. The summed E-state index contributed by atoms with van der Waals surface area (Å²) in [5, 5.41) is 20.0. The largest absolute Gasteiger partial charge is 0.573 e. The van der Waals surface area contributed by atoms with Crippen molar-refractivity contribution in [3.8, 4) is 0 Å². The number of alkyl halides is 3. The molecule has 1 aliphatic heterocycles. The molecule has 1 amide bonds. The molecule has 16 heteroatoms. The number of aliphatic hydroxyl groups is 2. The number of ether oxygens (including phenoxy) is 4. The number of rotatable bonds is 24. The van der Waals surface area contributed by atoms with Crippen LogP contribution in [0.5, 0.6) is 0 Å².